The Morgan fingerprint density at radius 2 is 1.79 bits per heavy atom. The van der Waals surface area contributed by atoms with E-state index < -0.39 is 26.0 Å². The molecule has 0 N–H and O–H groups in total. The Hall–Kier alpha value is -2.39. The number of anilines is 2. The maximum atomic E-state index is 13.3. The van der Waals surface area contributed by atoms with Gasteiger partial charge in [-0.05, 0) is 55.2 Å². The van der Waals surface area contributed by atoms with Crippen LogP contribution < -0.4 is 8.61 Å². The van der Waals surface area contributed by atoms with Gasteiger partial charge in [0.05, 0.1) is 22.0 Å². The van der Waals surface area contributed by atoms with Gasteiger partial charge < -0.3 is 0 Å². The molecule has 28 heavy (non-hydrogen) atoms. The summed E-state index contributed by atoms with van der Waals surface area (Å²) in [4.78, 5) is 12.1. The minimum absolute atomic E-state index is 0.0635. The molecule has 2 aromatic rings. The molecule has 9 heteroatoms. The fourth-order valence-corrected chi connectivity index (χ4v) is 6.99. The summed E-state index contributed by atoms with van der Waals surface area (Å²) in [5.74, 6) is -0.727. The molecule has 0 radical (unpaired) electrons. The van der Waals surface area contributed by atoms with Crippen LogP contribution in [0, 0.1) is 6.92 Å². The lowest BCUT2D eigenvalue weighted by atomic mass is 10.0. The smallest absolute Gasteiger partial charge is 0.264 e. The molecule has 2 aromatic carbocycles. The van der Waals surface area contributed by atoms with Crippen molar-refractivity contribution in [3.63, 3.8) is 0 Å². The third kappa shape index (κ3) is 2.98. The number of benzene rings is 2. The highest BCUT2D eigenvalue weighted by Crippen LogP contribution is 2.34. The zero-order valence-electron chi connectivity index (χ0n) is 15.3. The van der Waals surface area contributed by atoms with E-state index >= 15 is 0 Å². The molecule has 0 spiro atoms. The first-order valence-electron chi connectivity index (χ1n) is 8.99. The lowest BCUT2D eigenvalue weighted by molar-refractivity contribution is -0.116. The summed E-state index contributed by atoms with van der Waals surface area (Å²) < 4.78 is 53.1. The van der Waals surface area contributed by atoms with Crippen LogP contribution in [0.25, 0.3) is 0 Å². The average Bonchev–Trinajstić information content (AvgIpc) is 2.93. The van der Waals surface area contributed by atoms with Crippen LogP contribution in [0.3, 0.4) is 0 Å². The van der Waals surface area contributed by atoms with Crippen molar-refractivity contribution in [2.24, 2.45) is 0 Å². The molecule has 1 fully saturated rings. The minimum Gasteiger partial charge on any atom is -0.273 e. The van der Waals surface area contributed by atoms with Crippen molar-refractivity contribution < 1.29 is 21.6 Å². The first kappa shape index (κ1) is 18.9. The highest BCUT2D eigenvalue weighted by molar-refractivity contribution is 7.94. The molecule has 2 heterocycles. The number of rotatable bonds is 3. The van der Waals surface area contributed by atoms with Gasteiger partial charge in [-0.2, -0.15) is 0 Å². The first-order valence-corrected chi connectivity index (χ1v) is 12.0. The summed E-state index contributed by atoms with van der Waals surface area (Å²) in [5.41, 5.74) is 2.24. The Morgan fingerprint density at radius 3 is 2.46 bits per heavy atom. The Kier molecular flexibility index (Phi) is 4.46. The van der Waals surface area contributed by atoms with Crippen LogP contribution in [-0.2, 0) is 31.3 Å². The number of sulfonamides is 2. The second-order valence-electron chi connectivity index (χ2n) is 6.98. The number of carbonyl (C=O) groups excluding carboxylic acids is 1. The SMILES string of the molecule is Cc1cc(N2C(=O)CCS2(=O)=O)ccc1S(=O)(=O)N1CCCc2ccccc21. The maximum absolute atomic E-state index is 13.3. The quantitative estimate of drug-likeness (QED) is 0.759. The van der Waals surface area contributed by atoms with E-state index in [1.165, 1.54) is 22.5 Å². The van der Waals surface area contributed by atoms with Crippen LogP contribution in [-0.4, -0.2) is 35.0 Å². The van der Waals surface area contributed by atoms with Gasteiger partial charge in [0, 0.05) is 13.0 Å². The zero-order valence-corrected chi connectivity index (χ0v) is 17.0. The molecule has 2 aliphatic heterocycles. The normalized spacial score (nSPS) is 19.0. The molecule has 1 amide bonds. The molecule has 0 atom stereocenters. The molecule has 0 aliphatic carbocycles. The molecular weight excluding hydrogens is 400 g/mol. The topological polar surface area (TPSA) is 91.8 Å². The Morgan fingerprint density at radius 1 is 1.04 bits per heavy atom. The Labute approximate surface area is 164 Å². The van der Waals surface area contributed by atoms with Gasteiger partial charge in [-0.1, -0.05) is 18.2 Å². The van der Waals surface area contributed by atoms with Gasteiger partial charge in [0.25, 0.3) is 10.0 Å². The summed E-state index contributed by atoms with van der Waals surface area (Å²) in [6.07, 6.45) is 1.49. The number of para-hydroxylation sites is 1. The third-order valence-electron chi connectivity index (χ3n) is 5.11. The van der Waals surface area contributed by atoms with Gasteiger partial charge in [0.1, 0.15) is 0 Å². The van der Waals surface area contributed by atoms with Crippen molar-refractivity contribution in [1.82, 2.24) is 0 Å². The van der Waals surface area contributed by atoms with Crippen LogP contribution in [0.4, 0.5) is 11.4 Å². The highest BCUT2D eigenvalue weighted by Gasteiger charge is 2.37. The zero-order chi connectivity index (χ0) is 20.1. The summed E-state index contributed by atoms with van der Waals surface area (Å²) in [5, 5.41) is 0. The fourth-order valence-electron chi connectivity index (χ4n) is 3.79. The summed E-state index contributed by atoms with van der Waals surface area (Å²) >= 11 is 0. The van der Waals surface area contributed by atoms with Crippen LogP contribution >= 0.6 is 0 Å². The largest absolute Gasteiger partial charge is 0.273 e. The standard InChI is InChI=1S/C19H20N2O5S2/c1-14-13-16(21-19(22)10-12-27(21,23)24)8-9-18(14)28(25,26)20-11-4-6-15-5-2-3-7-17(15)20/h2-3,5,7-9,13H,4,6,10-12H2,1H3. The Bertz CT molecular complexity index is 1170. The minimum atomic E-state index is -3.81. The molecule has 0 saturated carbocycles. The second-order valence-corrected chi connectivity index (χ2v) is 10.8. The molecule has 1 saturated heterocycles. The van der Waals surface area contributed by atoms with Gasteiger partial charge in [0.2, 0.25) is 15.9 Å². The van der Waals surface area contributed by atoms with E-state index in [1.807, 2.05) is 18.2 Å². The molecule has 0 aromatic heterocycles. The number of amides is 1. The van der Waals surface area contributed by atoms with E-state index in [4.69, 9.17) is 0 Å². The maximum Gasteiger partial charge on any atom is 0.264 e. The third-order valence-corrected chi connectivity index (χ3v) is 8.77. The highest BCUT2D eigenvalue weighted by atomic mass is 32.2. The van der Waals surface area contributed by atoms with Gasteiger partial charge >= 0.3 is 0 Å². The molecule has 7 nitrogen and oxygen atoms in total. The van der Waals surface area contributed by atoms with Crippen molar-refractivity contribution in [2.75, 3.05) is 20.9 Å². The van der Waals surface area contributed by atoms with Gasteiger partial charge in [-0.25, -0.2) is 21.1 Å². The van der Waals surface area contributed by atoms with Gasteiger partial charge in [-0.15, -0.1) is 0 Å². The van der Waals surface area contributed by atoms with Crippen molar-refractivity contribution in [3.8, 4) is 0 Å². The molecule has 4 rings (SSSR count). The van der Waals surface area contributed by atoms with Crippen molar-refractivity contribution >= 4 is 37.3 Å². The van der Waals surface area contributed by atoms with Crippen LogP contribution in [0.2, 0.25) is 0 Å². The van der Waals surface area contributed by atoms with E-state index in [-0.39, 0.29) is 22.8 Å². The number of hydrogen-bond donors (Lipinski definition) is 0. The van der Waals surface area contributed by atoms with E-state index in [1.54, 1.807) is 13.0 Å². The van der Waals surface area contributed by atoms with E-state index in [0.29, 0.717) is 17.8 Å². The monoisotopic (exact) mass is 420 g/mol. The molecular formula is C19H20N2O5S2. The number of nitrogens with zero attached hydrogens (tertiary/aromatic N) is 2. The first-order chi connectivity index (χ1) is 13.2. The summed E-state index contributed by atoms with van der Waals surface area (Å²) in [6.45, 7) is 2.00. The summed E-state index contributed by atoms with van der Waals surface area (Å²) in [6, 6.07) is 11.6. The molecule has 2 aliphatic rings. The lowest BCUT2D eigenvalue weighted by Crippen LogP contribution is -2.36. The predicted octanol–water partition coefficient (Wildman–Crippen LogP) is 2.20. The number of fused-ring (bicyclic) bond motifs is 1. The van der Waals surface area contributed by atoms with Gasteiger partial charge in [-0.3, -0.25) is 9.10 Å². The Balaban J connectivity index is 1.76. The predicted molar refractivity (Wildman–Crippen MR) is 106 cm³/mol. The van der Waals surface area contributed by atoms with Crippen LogP contribution in [0.1, 0.15) is 24.0 Å². The van der Waals surface area contributed by atoms with Crippen molar-refractivity contribution in [1.29, 1.82) is 0 Å². The molecule has 0 unspecified atom stereocenters. The van der Waals surface area contributed by atoms with E-state index in [0.717, 1.165) is 22.7 Å². The fraction of sp³-hybridized carbons (Fsp3) is 0.316. The van der Waals surface area contributed by atoms with E-state index in [2.05, 4.69) is 0 Å². The number of carbonyl (C=O) groups is 1. The number of hydrogen-bond acceptors (Lipinski definition) is 5. The molecule has 0 bridgehead atoms. The van der Waals surface area contributed by atoms with Gasteiger partial charge in [0.15, 0.2) is 0 Å². The van der Waals surface area contributed by atoms with Crippen molar-refractivity contribution in [2.45, 2.75) is 31.1 Å². The van der Waals surface area contributed by atoms with Crippen LogP contribution in [0.5, 0.6) is 0 Å². The second kappa shape index (κ2) is 6.59. The van der Waals surface area contributed by atoms with E-state index in [9.17, 15) is 21.6 Å². The summed E-state index contributed by atoms with van der Waals surface area (Å²) in [7, 11) is -7.50. The number of aryl methyl sites for hydroxylation is 2. The van der Waals surface area contributed by atoms with Crippen molar-refractivity contribution in [3.05, 3.63) is 53.6 Å². The van der Waals surface area contributed by atoms with Crippen LogP contribution in [0.15, 0.2) is 47.4 Å². The molecule has 148 valence electrons. The average molecular weight is 421 g/mol. The lowest BCUT2D eigenvalue weighted by Gasteiger charge is -2.31.